The highest BCUT2D eigenvalue weighted by molar-refractivity contribution is 7.98. The molecule has 146 valence electrons. The van der Waals surface area contributed by atoms with Gasteiger partial charge >= 0.3 is 5.97 Å². The number of thioether (sulfide) groups is 1. The van der Waals surface area contributed by atoms with Gasteiger partial charge in [-0.2, -0.15) is 0 Å². The molecule has 2 heterocycles. The molecule has 3 rings (SSSR count). The fourth-order valence-corrected chi connectivity index (χ4v) is 4.00. The van der Waals surface area contributed by atoms with Crippen LogP contribution in [0.2, 0.25) is 0 Å². The van der Waals surface area contributed by atoms with Crippen molar-refractivity contribution in [2.45, 2.75) is 25.0 Å². The zero-order valence-electron chi connectivity index (χ0n) is 15.7. The predicted octanol–water partition coefficient (Wildman–Crippen LogP) is 4.07. The zero-order valence-corrected chi connectivity index (χ0v) is 17.3. The number of ether oxygens (including phenoxy) is 1. The lowest BCUT2D eigenvalue weighted by Crippen LogP contribution is -2.19. The number of rotatable bonds is 8. The Morgan fingerprint density at radius 3 is 2.64 bits per heavy atom. The second-order valence-corrected chi connectivity index (χ2v) is 7.70. The summed E-state index contributed by atoms with van der Waals surface area (Å²) in [5.41, 5.74) is 1.28. The monoisotopic (exact) mass is 415 g/mol. The number of amides is 1. The molecule has 0 bridgehead atoms. The summed E-state index contributed by atoms with van der Waals surface area (Å²) in [5.74, 6) is -0.483. The number of thiophene rings is 1. The van der Waals surface area contributed by atoms with Crippen LogP contribution in [0.25, 0.3) is 0 Å². The first-order valence-corrected chi connectivity index (χ1v) is 10.9. The maximum atomic E-state index is 12.7. The number of imidazole rings is 1. The lowest BCUT2D eigenvalue weighted by atomic mass is 10.2. The molecule has 0 fully saturated rings. The molecule has 0 unspecified atom stereocenters. The summed E-state index contributed by atoms with van der Waals surface area (Å²) in [6.45, 7) is 2.45. The number of nitrogens with zero attached hydrogens (tertiary/aromatic N) is 2. The second kappa shape index (κ2) is 9.57. The molecular weight excluding hydrogens is 394 g/mol. The van der Waals surface area contributed by atoms with Gasteiger partial charge in [-0.1, -0.05) is 48.2 Å². The van der Waals surface area contributed by atoms with E-state index in [9.17, 15) is 9.59 Å². The molecule has 6 nitrogen and oxygen atoms in total. The summed E-state index contributed by atoms with van der Waals surface area (Å²) in [4.78, 5) is 30.6. The van der Waals surface area contributed by atoms with Gasteiger partial charge < -0.3 is 14.6 Å². The Labute approximate surface area is 171 Å². The lowest BCUT2D eigenvalue weighted by molar-refractivity contribution is -0.115. The molecule has 1 amide bonds. The van der Waals surface area contributed by atoms with Crippen LogP contribution in [0.5, 0.6) is 0 Å². The largest absolute Gasteiger partial charge is 0.461 e. The first-order valence-electron chi connectivity index (χ1n) is 8.80. The third-order valence-corrected chi connectivity index (χ3v) is 5.49. The summed E-state index contributed by atoms with van der Waals surface area (Å²) in [7, 11) is 0. The predicted molar refractivity (Wildman–Crippen MR) is 112 cm³/mol. The summed E-state index contributed by atoms with van der Waals surface area (Å²) in [6, 6.07) is 13.6. The van der Waals surface area contributed by atoms with Gasteiger partial charge in [0, 0.05) is 4.88 Å². The lowest BCUT2D eigenvalue weighted by Gasteiger charge is -2.11. The van der Waals surface area contributed by atoms with E-state index >= 15 is 0 Å². The van der Waals surface area contributed by atoms with Crippen molar-refractivity contribution in [3.05, 3.63) is 64.0 Å². The van der Waals surface area contributed by atoms with Gasteiger partial charge in [0.15, 0.2) is 16.7 Å². The van der Waals surface area contributed by atoms with Gasteiger partial charge in [0.1, 0.15) is 0 Å². The minimum atomic E-state index is -0.502. The van der Waals surface area contributed by atoms with Crippen molar-refractivity contribution >= 4 is 40.8 Å². The molecule has 28 heavy (non-hydrogen) atoms. The fraction of sp³-hybridized carbons (Fsp3) is 0.250. The quantitative estimate of drug-likeness (QED) is 0.443. The van der Waals surface area contributed by atoms with Crippen LogP contribution in [0, 0.1) is 0 Å². The number of hydrogen-bond acceptors (Lipinski definition) is 6. The first kappa shape index (κ1) is 20.2. The van der Waals surface area contributed by atoms with Gasteiger partial charge in [0.25, 0.3) is 0 Å². The molecule has 0 saturated heterocycles. The molecular formula is C20H21N3O3S2. The fourth-order valence-electron chi connectivity index (χ4n) is 2.74. The number of carbonyl (C=O) groups is 2. The molecule has 3 aromatic rings. The summed E-state index contributed by atoms with van der Waals surface area (Å²) >= 11 is 2.93. The van der Waals surface area contributed by atoms with E-state index in [1.807, 2.05) is 54.1 Å². The average molecular weight is 416 g/mol. The third-order valence-electron chi connectivity index (χ3n) is 3.94. The van der Waals surface area contributed by atoms with E-state index in [2.05, 4.69) is 10.3 Å². The first-order chi connectivity index (χ1) is 13.6. The highest BCUT2D eigenvalue weighted by Gasteiger charge is 2.25. The van der Waals surface area contributed by atoms with Crippen LogP contribution in [0.3, 0.4) is 0 Å². The summed E-state index contributed by atoms with van der Waals surface area (Å²) < 4.78 is 7.02. The smallest absolute Gasteiger partial charge is 0.358 e. The van der Waals surface area contributed by atoms with Gasteiger partial charge in [0.2, 0.25) is 5.91 Å². The SMILES string of the molecule is CCOC(=O)c1c(NC(=O)Cc2cccs2)nc(SC)n1Cc1ccccc1. The molecule has 8 heteroatoms. The van der Waals surface area contributed by atoms with Crippen molar-refractivity contribution in [1.29, 1.82) is 0 Å². The summed E-state index contributed by atoms with van der Waals surface area (Å²) in [6.07, 6.45) is 2.12. The maximum absolute atomic E-state index is 12.7. The van der Waals surface area contributed by atoms with Gasteiger partial charge in [0.05, 0.1) is 19.6 Å². The number of nitrogens with one attached hydrogen (secondary N) is 1. The van der Waals surface area contributed by atoms with Crippen LogP contribution in [0.4, 0.5) is 5.82 Å². The number of hydrogen-bond donors (Lipinski definition) is 1. The van der Waals surface area contributed by atoms with Crippen molar-refractivity contribution in [1.82, 2.24) is 9.55 Å². The van der Waals surface area contributed by atoms with Crippen LogP contribution in [-0.4, -0.2) is 34.3 Å². The van der Waals surface area contributed by atoms with Crippen molar-refractivity contribution in [2.24, 2.45) is 0 Å². The van der Waals surface area contributed by atoms with E-state index in [4.69, 9.17) is 4.74 Å². The van der Waals surface area contributed by atoms with E-state index in [1.54, 1.807) is 11.5 Å². The molecule has 0 radical (unpaired) electrons. The van der Waals surface area contributed by atoms with E-state index in [0.29, 0.717) is 11.7 Å². The topological polar surface area (TPSA) is 73.2 Å². The zero-order chi connectivity index (χ0) is 19.9. The van der Waals surface area contributed by atoms with Gasteiger partial charge in [-0.15, -0.1) is 11.3 Å². The Bertz CT molecular complexity index is 937. The van der Waals surface area contributed by atoms with E-state index < -0.39 is 5.97 Å². The molecule has 0 aliphatic heterocycles. The van der Waals surface area contributed by atoms with E-state index in [-0.39, 0.29) is 30.4 Å². The Balaban J connectivity index is 1.93. The van der Waals surface area contributed by atoms with E-state index in [0.717, 1.165) is 10.4 Å². The minimum absolute atomic E-state index is 0.218. The molecule has 2 aromatic heterocycles. The maximum Gasteiger partial charge on any atom is 0.358 e. The van der Waals surface area contributed by atoms with Crippen LogP contribution in [0.1, 0.15) is 27.9 Å². The number of esters is 1. The Kier molecular flexibility index (Phi) is 6.89. The molecule has 0 saturated carbocycles. The molecule has 0 atom stereocenters. The molecule has 1 aromatic carbocycles. The van der Waals surface area contributed by atoms with Crippen molar-refractivity contribution in [2.75, 3.05) is 18.2 Å². The highest BCUT2D eigenvalue weighted by atomic mass is 32.2. The molecule has 0 aliphatic rings. The highest BCUT2D eigenvalue weighted by Crippen LogP contribution is 2.26. The van der Waals surface area contributed by atoms with Crippen LogP contribution < -0.4 is 5.32 Å². The standard InChI is InChI=1S/C20H21N3O3S2/c1-3-26-19(25)17-18(21-16(24)12-15-10-7-11-28-15)22-20(27-2)23(17)13-14-8-5-4-6-9-14/h4-11H,3,12-13H2,1-2H3,(H,21,24). The van der Waals surface area contributed by atoms with Crippen molar-refractivity contribution in [3.63, 3.8) is 0 Å². The summed E-state index contributed by atoms with van der Waals surface area (Å²) in [5, 5.41) is 5.35. The van der Waals surface area contributed by atoms with Gasteiger partial charge in [-0.25, -0.2) is 9.78 Å². The van der Waals surface area contributed by atoms with Crippen LogP contribution in [0.15, 0.2) is 53.0 Å². The average Bonchev–Trinajstić information content (AvgIpc) is 3.30. The Hall–Kier alpha value is -2.58. The van der Waals surface area contributed by atoms with Crippen molar-refractivity contribution < 1.29 is 14.3 Å². The van der Waals surface area contributed by atoms with E-state index in [1.165, 1.54) is 23.1 Å². The minimum Gasteiger partial charge on any atom is -0.461 e. The van der Waals surface area contributed by atoms with Crippen LogP contribution in [-0.2, 0) is 22.5 Å². The Morgan fingerprint density at radius 2 is 2.00 bits per heavy atom. The Morgan fingerprint density at radius 1 is 1.21 bits per heavy atom. The number of aromatic nitrogens is 2. The molecule has 0 spiro atoms. The number of anilines is 1. The number of benzene rings is 1. The third kappa shape index (κ3) is 4.82. The van der Waals surface area contributed by atoms with Crippen LogP contribution >= 0.6 is 23.1 Å². The molecule has 0 aliphatic carbocycles. The van der Waals surface area contributed by atoms with Gasteiger partial charge in [-0.05, 0) is 30.2 Å². The number of carbonyl (C=O) groups excluding carboxylic acids is 2. The van der Waals surface area contributed by atoms with Crippen molar-refractivity contribution in [3.8, 4) is 0 Å². The normalized spacial score (nSPS) is 10.6. The van der Waals surface area contributed by atoms with Gasteiger partial charge in [-0.3, -0.25) is 4.79 Å². The molecule has 1 N–H and O–H groups in total. The second-order valence-electron chi connectivity index (χ2n) is 5.89.